The van der Waals surface area contributed by atoms with Crippen LogP contribution >= 0.6 is 11.8 Å². The first-order valence-electron chi connectivity index (χ1n) is 12.9. The molecule has 2 aromatic carbocycles. The molecule has 1 aromatic heterocycles. The van der Waals surface area contributed by atoms with Gasteiger partial charge in [0.2, 0.25) is 0 Å². The molecule has 1 N–H and O–H groups in total. The Hall–Kier alpha value is -2.61. The average molecular weight is 510 g/mol. The third kappa shape index (κ3) is 4.72. The maximum Gasteiger partial charge on any atom is 0.251 e. The van der Waals surface area contributed by atoms with Crippen LogP contribution in [0.15, 0.2) is 41.6 Å². The quantitative estimate of drug-likeness (QED) is 0.373. The maximum absolute atomic E-state index is 13.7. The van der Waals surface area contributed by atoms with Crippen molar-refractivity contribution in [2.75, 3.05) is 47.6 Å². The number of piperidine rings is 2. The van der Waals surface area contributed by atoms with Gasteiger partial charge in [0.05, 0.1) is 16.6 Å². The molecule has 0 atom stereocenters. The van der Waals surface area contributed by atoms with Crippen LogP contribution in [0.2, 0.25) is 0 Å². The number of hydrogen-bond donors (Lipinski definition) is 1. The molecule has 2 saturated heterocycles. The Labute approximate surface area is 215 Å². The van der Waals surface area contributed by atoms with Crippen LogP contribution in [0.1, 0.15) is 44.1 Å². The molecule has 1 aliphatic carbocycles. The average Bonchev–Trinajstić information content (AvgIpc) is 3.62. The largest absolute Gasteiger partial charge is 0.371 e. The van der Waals surface area contributed by atoms with Gasteiger partial charge in [-0.2, -0.15) is 0 Å². The van der Waals surface area contributed by atoms with Gasteiger partial charge in [0.15, 0.2) is 0 Å². The Bertz CT molecular complexity index is 1270. The number of hydrogen-bond acceptors (Lipinski definition) is 6. The SMILES string of the molecule is CSc1cc(N2CCC3(CC2)CC3)c2c(Nc3cc(C)cc(N4CCC(F)(F)CC4)c3)ncnc2c1. The molecular formula is C28H33F2N5S. The second-order valence-corrected chi connectivity index (χ2v) is 11.7. The number of nitrogens with zero attached hydrogens (tertiary/aromatic N) is 4. The molecule has 0 unspecified atom stereocenters. The highest BCUT2D eigenvalue weighted by atomic mass is 32.2. The van der Waals surface area contributed by atoms with Crippen LogP contribution in [0.5, 0.6) is 0 Å². The van der Waals surface area contributed by atoms with E-state index in [1.54, 1.807) is 18.1 Å². The molecule has 6 rings (SSSR count). The van der Waals surface area contributed by atoms with Crippen molar-refractivity contribution in [2.45, 2.75) is 56.3 Å². The monoisotopic (exact) mass is 509 g/mol. The minimum atomic E-state index is -2.55. The summed E-state index contributed by atoms with van der Waals surface area (Å²) in [6.45, 7) is 4.91. The van der Waals surface area contributed by atoms with Crippen LogP contribution in [0.25, 0.3) is 10.9 Å². The molecule has 8 heteroatoms. The Kier molecular flexibility index (Phi) is 5.97. The summed E-state index contributed by atoms with van der Waals surface area (Å²) in [6.07, 6.45) is 8.80. The van der Waals surface area contributed by atoms with Crippen LogP contribution in [-0.2, 0) is 0 Å². The highest BCUT2D eigenvalue weighted by Crippen LogP contribution is 2.54. The molecule has 3 heterocycles. The third-order valence-corrected chi connectivity index (χ3v) is 8.94. The molecule has 3 aliphatic rings. The van der Waals surface area contributed by atoms with Crippen molar-refractivity contribution >= 4 is 45.5 Å². The van der Waals surface area contributed by atoms with Crippen molar-refractivity contribution in [2.24, 2.45) is 5.41 Å². The molecule has 1 saturated carbocycles. The lowest BCUT2D eigenvalue weighted by Gasteiger charge is -2.35. The molecule has 5 nitrogen and oxygen atoms in total. The van der Waals surface area contributed by atoms with E-state index in [9.17, 15) is 8.78 Å². The predicted molar refractivity (Wildman–Crippen MR) is 145 cm³/mol. The number of aromatic nitrogens is 2. The zero-order valence-corrected chi connectivity index (χ0v) is 21.8. The molecule has 2 aliphatic heterocycles. The number of anilines is 4. The van der Waals surface area contributed by atoms with Crippen LogP contribution in [-0.4, -0.2) is 48.3 Å². The van der Waals surface area contributed by atoms with Gasteiger partial charge in [0.1, 0.15) is 12.1 Å². The first-order chi connectivity index (χ1) is 17.3. The summed E-state index contributed by atoms with van der Waals surface area (Å²) in [5, 5.41) is 4.61. The Balaban J connectivity index is 1.34. The molecule has 3 fully saturated rings. The maximum atomic E-state index is 13.7. The number of fused-ring (bicyclic) bond motifs is 1. The van der Waals surface area contributed by atoms with E-state index in [-0.39, 0.29) is 12.8 Å². The molecule has 0 radical (unpaired) electrons. The van der Waals surface area contributed by atoms with Crippen LogP contribution in [0.3, 0.4) is 0 Å². The lowest BCUT2D eigenvalue weighted by atomic mass is 9.93. The lowest BCUT2D eigenvalue weighted by molar-refractivity contribution is -0.0220. The first kappa shape index (κ1) is 23.8. The molecule has 1 spiro atoms. The number of rotatable bonds is 5. The predicted octanol–water partition coefficient (Wildman–Crippen LogP) is 7.02. The standard InChI is InChI=1S/C28H33F2N5S/c1-19-13-20(15-21(14-19)34-11-7-28(29,30)8-12-34)33-26-25-23(31-18-32-26)16-22(36-2)17-24(25)35-9-5-27(3-4-27)6-10-35/h13-18H,3-12H2,1-2H3,(H,31,32,33). The van der Waals surface area contributed by atoms with Crippen molar-refractivity contribution in [1.29, 1.82) is 0 Å². The lowest BCUT2D eigenvalue weighted by Crippen LogP contribution is -2.39. The Morgan fingerprint density at radius 2 is 1.58 bits per heavy atom. The molecule has 190 valence electrons. The second kappa shape index (κ2) is 9.05. The third-order valence-electron chi connectivity index (χ3n) is 8.23. The molecular weight excluding hydrogens is 476 g/mol. The van der Waals surface area contributed by atoms with Gasteiger partial charge in [-0.3, -0.25) is 0 Å². The van der Waals surface area contributed by atoms with Crippen molar-refractivity contribution in [1.82, 2.24) is 9.97 Å². The van der Waals surface area contributed by atoms with Gasteiger partial charge in [-0.25, -0.2) is 18.7 Å². The summed E-state index contributed by atoms with van der Waals surface area (Å²) in [5.74, 6) is -1.77. The number of alkyl halides is 2. The van der Waals surface area contributed by atoms with E-state index in [0.29, 0.717) is 18.5 Å². The topological polar surface area (TPSA) is 44.3 Å². The highest BCUT2D eigenvalue weighted by Gasteiger charge is 2.44. The summed E-state index contributed by atoms with van der Waals surface area (Å²) in [4.78, 5) is 15.1. The van der Waals surface area contributed by atoms with E-state index in [1.165, 1.54) is 36.3 Å². The molecule has 0 amide bonds. The number of benzene rings is 2. The summed E-state index contributed by atoms with van der Waals surface area (Å²) >= 11 is 1.74. The Morgan fingerprint density at radius 3 is 2.28 bits per heavy atom. The summed E-state index contributed by atoms with van der Waals surface area (Å²) in [5.41, 5.74) is 5.71. The molecule has 36 heavy (non-hydrogen) atoms. The number of halogens is 2. The van der Waals surface area contributed by atoms with E-state index in [2.05, 4.69) is 61.7 Å². The first-order valence-corrected chi connectivity index (χ1v) is 14.1. The zero-order chi connectivity index (χ0) is 24.9. The van der Waals surface area contributed by atoms with E-state index >= 15 is 0 Å². The van der Waals surface area contributed by atoms with Crippen LogP contribution < -0.4 is 15.1 Å². The van der Waals surface area contributed by atoms with E-state index in [4.69, 9.17) is 0 Å². The molecule has 0 bridgehead atoms. The second-order valence-electron chi connectivity index (χ2n) is 10.8. The fraction of sp³-hybridized carbons (Fsp3) is 0.500. The van der Waals surface area contributed by atoms with Gasteiger partial charge in [0, 0.05) is 55.3 Å². The molecule has 3 aromatic rings. The van der Waals surface area contributed by atoms with Crippen LogP contribution in [0, 0.1) is 12.3 Å². The summed E-state index contributed by atoms with van der Waals surface area (Å²) < 4.78 is 27.4. The van der Waals surface area contributed by atoms with E-state index in [0.717, 1.165) is 46.7 Å². The summed E-state index contributed by atoms with van der Waals surface area (Å²) in [7, 11) is 0. The van der Waals surface area contributed by atoms with Crippen molar-refractivity contribution < 1.29 is 8.78 Å². The number of aryl methyl sites for hydroxylation is 1. The summed E-state index contributed by atoms with van der Waals surface area (Å²) in [6, 6.07) is 10.6. The van der Waals surface area contributed by atoms with Gasteiger partial charge in [0.25, 0.3) is 5.92 Å². The minimum Gasteiger partial charge on any atom is -0.371 e. The van der Waals surface area contributed by atoms with Gasteiger partial charge in [-0.15, -0.1) is 11.8 Å². The van der Waals surface area contributed by atoms with Crippen molar-refractivity contribution in [3.63, 3.8) is 0 Å². The number of nitrogens with one attached hydrogen (secondary N) is 1. The zero-order valence-electron chi connectivity index (χ0n) is 21.0. The smallest absolute Gasteiger partial charge is 0.251 e. The van der Waals surface area contributed by atoms with Gasteiger partial charge in [-0.1, -0.05) is 0 Å². The van der Waals surface area contributed by atoms with E-state index in [1.807, 2.05) is 6.92 Å². The minimum absolute atomic E-state index is 0.0987. The van der Waals surface area contributed by atoms with Gasteiger partial charge >= 0.3 is 0 Å². The van der Waals surface area contributed by atoms with Crippen molar-refractivity contribution in [3.8, 4) is 0 Å². The fourth-order valence-electron chi connectivity index (χ4n) is 5.75. The highest BCUT2D eigenvalue weighted by molar-refractivity contribution is 7.98. The van der Waals surface area contributed by atoms with Gasteiger partial charge in [-0.05, 0) is 80.2 Å². The van der Waals surface area contributed by atoms with E-state index < -0.39 is 5.92 Å². The Morgan fingerprint density at radius 1 is 0.861 bits per heavy atom. The van der Waals surface area contributed by atoms with Gasteiger partial charge < -0.3 is 15.1 Å². The van der Waals surface area contributed by atoms with Crippen LogP contribution in [0.4, 0.5) is 31.7 Å². The van der Waals surface area contributed by atoms with Crippen molar-refractivity contribution in [3.05, 3.63) is 42.2 Å². The fourth-order valence-corrected chi connectivity index (χ4v) is 6.21. The normalized spacial score (nSPS) is 20.7. The number of thioether (sulfide) groups is 1.